The molecule has 0 spiro atoms. The van der Waals surface area contributed by atoms with Gasteiger partial charge in [0.15, 0.2) is 0 Å². The number of H-pyrrole nitrogens is 1. The van der Waals surface area contributed by atoms with Crippen molar-refractivity contribution in [3.05, 3.63) is 82.3 Å². The summed E-state index contributed by atoms with van der Waals surface area (Å²) in [5, 5.41) is 1.07. The van der Waals surface area contributed by atoms with Crippen LogP contribution in [0.2, 0.25) is 0 Å². The number of likely N-dealkylation sites (tertiary alicyclic amines) is 1. The Morgan fingerprint density at radius 3 is 2.33 bits per heavy atom. The fraction of sp³-hybridized carbons (Fsp3) is 0.190. The van der Waals surface area contributed by atoms with Crippen molar-refractivity contribution in [3.8, 4) is 0 Å². The number of carbonyl (C=O) groups excluding carboxylic acids is 2. The average molecular weight is 361 g/mol. The monoisotopic (exact) mass is 361 g/mol. The molecule has 3 N–H and O–H groups in total. The van der Waals surface area contributed by atoms with Gasteiger partial charge >= 0.3 is 0 Å². The molecular formula is C21H19N3O3. The highest BCUT2D eigenvalue weighted by molar-refractivity contribution is 6.06. The molecule has 0 unspecified atom stereocenters. The first-order chi connectivity index (χ1) is 13.1. The summed E-state index contributed by atoms with van der Waals surface area (Å²) in [7, 11) is 0. The number of rotatable bonds is 3. The molecule has 0 aliphatic carbocycles. The fourth-order valence-corrected chi connectivity index (χ4v) is 3.85. The van der Waals surface area contributed by atoms with Crippen molar-refractivity contribution in [2.75, 3.05) is 13.1 Å². The molecule has 0 radical (unpaired) electrons. The number of nitrogens with two attached hydrogens (primary N) is 1. The van der Waals surface area contributed by atoms with Crippen molar-refractivity contribution in [3.63, 3.8) is 0 Å². The van der Waals surface area contributed by atoms with Crippen LogP contribution in [0.5, 0.6) is 0 Å². The van der Waals surface area contributed by atoms with Gasteiger partial charge in [-0.15, -0.1) is 0 Å². The van der Waals surface area contributed by atoms with Crippen LogP contribution in [0.15, 0.2) is 65.6 Å². The van der Waals surface area contributed by atoms with Crippen LogP contribution in [0.25, 0.3) is 10.8 Å². The molecule has 136 valence electrons. The topological polar surface area (TPSA) is 96.3 Å². The lowest BCUT2D eigenvalue weighted by atomic mass is 9.89. The Hall–Kier alpha value is -3.41. The van der Waals surface area contributed by atoms with Crippen molar-refractivity contribution in [2.45, 2.75) is 5.92 Å². The lowest BCUT2D eigenvalue weighted by Crippen LogP contribution is -2.32. The lowest BCUT2D eigenvalue weighted by Gasteiger charge is -2.17. The van der Waals surface area contributed by atoms with Gasteiger partial charge in [0.2, 0.25) is 5.91 Å². The number of carbonyl (C=O) groups is 2. The fourth-order valence-electron chi connectivity index (χ4n) is 3.85. The zero-order chi connectivity index (χ0) is 19.0. The SMILES string of the molecule is NC(=O)[C@@H]1CN(C(=O)c2c[nH]c(=O)c3ccccc23)C[C@H]1c1ccccc1. The van der Waals surface area contributed by atoms with Gasteiger partial charge in [0.1, 0.15) is 0 Å². The molecule has 6 nitrogen and oxygen atoms in total. The highest BCUT2D eigenvalue weighted by Gasteiger charge is 2.39. The van der Waals surface area contributed by atoms with E-state index in [1.807, 2.05) is 30.3 Å². The Kier molecular flexibility index (Phi) is 4.24. The summed E-state index contributed by atoms with van der Waals surface area (Å²) in [6, 6.07) is 16.6. The Morgan fingerprint density at radius 2 is 1.63 bits per heavy atom. The molecule has 0 saturated carbocycles. The van der Waals surface area contributed by atoms with Crippen molar-refractivity contribution in [2.24, 2.45) is 11.7 Å². The first kappa shape index (κ1) is 17.0. The van der Waals surface area contributed by atoms with Gasteiger partial charge in [0.25, 0.3) is 11.5 Å². The number of aromatic amines is 1. The molecule has 27 heavy (non-hydrogen) atoms. The van der Waals surface area contributed by atoms with Gasteiger partial charge in [0, 0.05) is 36.0 Å². The summed E-state index contributed by atoms with van der Waals surface area (Å²) in [6.07, 6.45) is 1.45. The average Bonchev–Trinajstić information content (AvgIpc) is 3.15. The van der Waals surface area contributed by atoms with Gasteiger partial charge < -0.3 is 15.6 Å². The number of hydrogen-bond donors (Lipinski definition) is 2. The number of hydrogen-bond acceptors (Lipinski definition) is 3. The summed E-state index contributed by atoms with van der Waals surface area (Å²) in [5.74, 6) is -1.20. The van der Waals surface area contributed by atoms with E-state index in [4.69, 9.17) is 5.73 Å². The van der Waals surface area contributed by atoms with E-state index < -0.39 is 11.8 Å². The van der Waals surface area contributed by atoms with Crippen LogP contribution >= 0.6 is 0 Å². The van der Waals surface area contributed by atoms with Crippen LogP contribution in [0, 0.1) is 5.92 Å². The minimum Gasteiger partial charge on any atom is -0.369 e. The Balaban J connectivity index is 1.70. The minimum absolute atomic E-state index is 0.137. The van der Waals surface area contributed by atoms with E-state index in [1.54, 1.807) is 29.2 Å². The summed E-state index contributed by atoms with van der Waals surface area (Å²) in [4.78, 5) is 41.4. The van der Waals surface area contributed by atoms with E-state index in [9.17, 15) is 14.4 Å². The predicted molar refractivity (Wildman–Crippen MR) is 102 cm³/mol. The third kappa shape index (κ3) is 2.99. The number of primary amides is 1. The maximum absolute atomic E-state index is 13.2. The van der Waals surface area contributed by atoms with Crippen LogP contribution in [-0.4, -0.2) is 34.8 Å². The van der Waals surface area contributed by atoms with E-state index in [2.05, 4.69) is 4.98 Å². The minimum atomic E-state index is -0.439. The van der Waals surface area contributed by atoms with Crippen LogP contribution < -0.4 is 11.3 Å². The van der Waals surface area contributed by atoms with E-state index in [-0.39, 0.29) is 23.9 Å². The molecular weight excluding hydrogens is 342 g/mol. The summed E-state index contributed by atoms with van der Waals surface area (Å²) in [5.41, 5.74) is 6.78. The van der Waals surface area contributed by atoms with Gasteiger partial charge in [-0.25, -0.2) is 0 Å². The van der Waals surface area contributed by atoms with E-state index >= 15 is 0 Å². The molecule has 3 aromatic rings. The molecule has 2 heterocycles. The van der Waals surface area contributed by atoms with Gasteiger partial charge in [-0.1, -0.05) is 48.5 Å². The normalized spacial score (nSPS) is 19.3. The molecule has 1 aliphatic heterocycles. The second-order valence-corrected chi connectivity index (χ2v) is 6.81. The number of nitrogens with zero attached hydrogens (tertiary/aromatic N) is 1. The third-order valence-electron chi connectivity index (χ3n) is 5.24. The van der Waals surface area contributed by atoms with E-state index in [0.717, 1.165) is 5.56 Å². The van der Waals surface area contributed by atoms with E-state index in [1.165, 1.54) is 6.20 Å². The van der Waals surface area contributed by atoms with Crippen molar-refractivity contribution < 1.29 is 9.59 Å². The van der Waals surface area contributed by atoms with Gasteiger partial charge in [-0.2, -0.15) is 0 Å². The lowest BCUT2D eigenvalue weighted by molar-refractivity contribution is -0.121. The van der Waals surface area contributed by atoms with Gasteiger partial charge in [0.05, 0.1) is 11.5 Å². The Bertz CT molecular complexity index is 1070. The maximum Gasteiger partial charge on any atom is 0.256 e. The molecule has 2 amide bonds. The first-order valence-corrected chi connectivity index (χ1v) is 8.80. The second-order valence-electron chi connectivity index (χ2n) is 6.81. The van der Waals surface area contributed by atoms with Crippen LogP contribution in [0.4, 0.5) is 0 Å². The van der Waals surface area contributed by atoms with Crippen LogP contribution in [-0.2, 0) is 4.79 Å². The smallest absolute Gasteiger partial charge is 0.256 e. The molecule has 0 bridgehead atoms. The van der Waals surface area contributed by atoms with Crippen molar-refractivity contribution in [1.29, 1.82) is 0 Å². The number of amides is 2. The van der Waals surface area contributed by atoms with Crippen LogP contribution in [0.3, 0.4) is 0 Å². The van der Waals surface area contributed by atoms with Gasteiger partial charge in [-0.05, 0) is 11.6 Å². The maximum atomic E-state index is 13.2. The quantitative estimate of drug-likeness (QED) is 0.745. The van der Waals surface area contributed by atoms with Crippen molar-refractivity contribution in [1.82, 2.24) is 9.88 Å². The predicted octanol–water partition coefficient (Wildman–Crippen LogP) is 1.87. The van der Waals surface area contributed by atoms with E-state index in [0.29, 0.717) is 22.9 Å². The summed E-state index contributed by atoms with van der Waals surface area (Å²) in [6.45, 7) is 0.672. The molecule has 1 aliphatic rings. The zero-order valence-corrected chi connectivity index (χ0v) is 14.6. The number of pyridine rings is 1. The number of fused-ring (bicyclic) bond motifs is 1. The molecule has 2 aromatic carbocycles. The molecule has 4 rings (SSSR count). The largest absolute Gasteiger partial charge is 0.369 e. The highest BCUT2D eigenvalue weighted by Crippen LogP contribution is 2.33. The molecule has 1 fully saturated rings. The summed E-state index contributed by atoms with van der Waals surface area (Å²) >= 11 is 0. The van der Waals surface area contributed by atoms with Gasteiger partial charge in [-0.3, -0.25) is 14.4 Å². The number of nitrogens with one attached hydrogen (secondary N) is 1. The third-order valence-corrected chi connectivity index (χ3v) is 5.24. The first-order valence-electron chi connectivity index (χ1n) is 8.80. The standard InChI is InChI=1S/C21H19N3O3/c22-19(25)18-12-24(11-17(18)13-6-2-1-3-7-13)21(27)16-10-23-20(26)15-9-5-4-8-14(15)16/h1-10,17-18H,11-12H2,(H2,22,25)(H,23,26)/t17-,18+/m0/s1. The highest BCUT2D eigenvalue weighted by atomic mass is 16.2. The Labute approximate surface area is 155 Å². The van der Waals surface area contributed by atoms with Crippen molar-refractivity contribution >= 4 is 22.6 Å². The van der Waals surface area contributed by atoms with Crippen LogP contribution in [0.1, 0.15) is 21.8 Å². The summed E-state index contributed by atoms with van der Waals surface area (Å²) < 4.78 is 0. The Morgan fingerprint density at radius 1 is 0.963 bits per heavy atom. The second kappa shape index (κ2) is 6.72. The number of benzene rings is 2. The molecule has 2 atom stereocenters. The molecule has 1 aromatic heterocycles. The molecule has 1 saturated heterocycles. The molecule has 6 heteroatoms. The number of aromatic nitrogens is 1. The zero-order valence-electron chi connectivity index (χ0n) is 14.6.